The van der Waals surface area contributed by atoms with Gasteiger partial charge in [0.1, 0.15) is 24.0 Å². The van der Waals surface area contributed by atoms with Crippen LogP contribution in [0.2, 0.25) is 5.02 Å². The molecule has 1 aliphatic heterocycles. The van der Waals surface area contributed by atoms with Crippen molar-refractivity contribution in [2.45, 2.75) is 31.8 Å². The maximum Gasteiger partial charge on any atom is 0.315 e. The van der Waals surface area contributed by atoms with Crippen LogP contribution in [0.3, 0.4) is 0 Å². The Bertz CT molecular complexity index is 1190. The van der Waals surface area contributed by atoms with Crippen molar-refractivity contribution in [1.82, 2.24) is 5.32 Å². The van der Waals surface area contributed by atoms with Gasteiger partial charge in [-0.2, -0.15) is 0 Å². The minimum atomic E-state index is -0.728. The number of esters is 1. The second kappa shape index (κ2) is 10.2. The number of nitrogens with one attached hydrogen (secondary N) is 1. The molecule has 6 nitrogen and oxygen atoms in total. The van der Waals surface area contributed by atoms with E-state index in [1.807, 2.05) is 24.3 Å². The molecule has 2 aromatic rings. The minimum Gasteiger partial charge on any atom is -0.496 e. The summed E-state index contributed by atoms with van der Waals surface area (Å²) in [7, 11) is 2.93. The third-order valence-corrected chi connectivity index (χ3v) is 6.97. The molecule has 0 fully saturated rings. The van der Waals surface area contributed by atoms with E-state index in [0.29, 0.717) is 34.2 Å². The first-order chi connectivity index (χ1) is 16.3. The molecule has 2 aromatic carbocycles. The predicted octanol–water partition coefficient (Wildman–Crippen LogP) is 5.69. The Hall–Kier alpha value is -2.77. The molecule has 0 radical (unpaired) electrons. The van der Waals surface area contributed by atoms with Crippen molar-refractivity contribution >= 4 is 39.3 Å². The summed E-state index contributed by atoms with van der Waals surface area (Å²) in [6.07, 6.45) is 1.95. The second-order valence-electron chi connectivity index (χ2n) is 8.23. The van der Waals surface area contributed by atoms with Crippen molar-refractivity contribution < 1.29 is 23.8 Å². The van der Waals surface area contributed by atoms with Crippen molar-refractivity contribution in [3.05, 3.63) is 80.6 Å². The van der Waals surface area contributed by atoms with Gasteiger partial charge in [-0.1, -0.05) is 40.2 Å². The van der Waals surface area contributed by atoms with Gasteiger partial charge in [-0.3, -0.25) is 9.59 Å². The summed E-state index contributed by atoms with van der Waals surface area (Å²) in [6, 6.07) is 11.0. The SMILES string of the molecule is C=C1NC2=C(C(=O)CCC2)C(c2ccc(OC)c(COc3ccc(Br)cc3Cl)c2)C1C(=O)OC. The molecule has 8 heteroatoms. The molecule has 0 saturated heterocycles. The summed E-state index contributed by atoms with van der Waals surface area (Å²) in [5, 5.41) is 3.68. The molecule has 178 valence electrons. The fraction of sp³-hybridized carbons (Fsp3) is 0.308. The van der Waals surface area contributed by atoms with Crippen LogP contribution in [0, 0.1) is 5.92 Å². The number of benzene rings is 2. The summed E-state index contributed by atoms with van der Waals surface area (Å²) < 4.78 is 17.5. The first kappa shape index (κ1) is 24.4. The standard InChI is InChI=1S/C26H25BrClNO5/c1-14-23(26(31)33-3)24(25-19(29-14)5-4-6-20(25)30)15-7-9-21(32-2)16(11-15)13-34-22-10-8-17(27)12-18(22)28/h7-12,23-24,29H,1,4-6,13H2,2-3H3. The number of carbonyl (C=O) groups is 2. The van der Waals surface area contributed by atoms with Gasteiger partial charge in [0.25, 0.3) is 0 Å². The third-order valence-electron chi connectivity index (χ3n) is 6.18. The first-order valence-electron chi connectivity index (χ1n) is 10.9. The Morgan fingerprint density at radius 3 is 2.65 bits per heavy atom. The monoisotopic (exact) mass is 545 g/mol. The van der Waals surface area contributed by atoms with E-state index in [9.17, 15) is 9.59 Å². The van der Waals surface area contributed by atoms with Crippen LogP contribution in [-0.2, 0) is 20.9 Å². The summed E-state index contributed by atoms with van der Waals surface area (Å²) in [5.74, 6) is -0.479. The van der Waals surface area contributed by atoms with E-state index in [0.717, 1.165) is 34.1 Å². The number of methoxy groups -OCH3 is 2. The Balaban J connectivity index is 1.75. The molecule has 0 amide bonds. The molecule has 2 unspecified atom stereocenters. The second-order valence-corrected chi connectivity index (χ2v) is 9.56. The molecular weight excluding hydrogens is 522 g/mol. The maximum atomic E-state index is 13.0. The largest absolute Gasteiger partial charge is 0.496 e. The minimum absolute atomic E-state index is 0.0374. The van der Waals surface area contributed by atoms with E-state index in [2.05, 4.69) is 27.8 Å². The number of allylic oxidation sites excluding steroid dienone is 2. The highest BCUT2D eigenvalue weighted by molar-refractivity contribution is 9.10. The molecule has 1 heterocycles. The average Bonchev–Trinajstić information content (AvgIpc) is 2.82. The van der Waals surface area contributed by atoms with Crippen LogP contribution in [0.4, 0.5) is 0 Å². The van der Waals surface area contributed by atoms with Gasteiger partial charge in [-0.15, -0.1) is 0 Å². The number of Topliss-reactive ketones (excluding diaryl/α,β-unsaturated/α-hetero) is 1. The number of hydrogen-bond donors (Lipinski definition) is 1. The fourth-order valence-electron chi connectivity index (χ4n) is 4.61. The molecule has 2 aliphatic rings. The van der Waals surface area contributed by atoms with Crippen LogP contribution in [0.25, 0.3) is 0 Å². The van der Waals surface area contributed by atoms with Crippen molar-refractivity contribution in [3.8, 4) is 11.5 Å². The van der Waals surface area contributed by atoms with Crippen molar-refractivity contribution in [1.29, 1.82) is 0 Å². The van der Waals surface area contributed by atoms with Crippen LogP contribution >= 0.6 is 27.5 Å². The zero-order chi connectivity index (χ0) is 24.4. The molecule has 4 rings (SSSR count). The molecule has 0 saturated carbocycles. The lowest BCUT2D eigenvalue weighted by atomic mass is 9.71. The predicted molar refractivity (Wildman–Crippen MR) is 133 cm³/mol. The highest BCUT2D eigenvalue weighted by Crippen LogP contribution is 2.45. The first-order valence-corrected chi connectivity index (χ1v) is 12.1. The smallest absolute Gasteiger partial charge is 0.315 e. The number of ketones is 1. The van der Waals surface area contributed by atoms with Gasteiger partial charge in [0.15, 0.2) is 5.78 Å². The number of carbonyl (C=O) groups excluding carboxylic acids is 2. The van der Waals surface area contributed by atoms with Crippen LogP contribution in [0.5, 0.6) is 11.5 Å². The lowest BCUT2D eigenvalue weighted by molar-refractivity contribution is -0.144. The molecule has 1 aliphatic carbocycles. The van der Waals surface area contributed by atoms with Gasteiger partial charge in [0.05, 0.1) is 19.2 Å². The molecule has 0 aromatic heterocycles. The average molecular weight is 547 g/mol. The molecule has 2 atom stereocenters. The van der Waals surface area contributed by atoms with E-state index in [1.165, 1.54) is 7.11 Å². The summed E-state index contributed by atoms with van der Waals surface area (Å²) in [5.41, 5.74) is 3.54. The van der Waals surface area contributed by atoms with Gasteiger partial charge >= 0.3 is 5.97 Å². The number of ether oxygens (including phenoxy) is 3. The fourth-order valence-corrected chi connectivity index (χ4v) is 5.34. The van der Waals surface area contributed by atoms with Gasteiger partial charge in [0, 0.05) is 39.3 Å². The molecule has 0 bridgehead atoms. The third kappa shape index (κ3) is 4.72. The molecule has 1 N–H and O–H groups in total. The van der Waals surface area contributed by atoms with Crippen LogP contribution in [-0.4, -0.2) is 26.0 Å². The van der Waals surface area contributed by atoms with Crippen molar-refractivity contribution in [3.63, 3.8) is 0 Å². The van der Waals surface area contributed by atoms with Crippen LogP contribution < -0.4 is 14.8 Å². The number of halogens is 2. The zero-order valence-corrected chi connectivity index (χ0v) is 21.3. The van der Waals surface area contributed by atoms with E-state index < -0.39 is 17.8 Å². The topological polar surface area (TPSA) is 73.9 Å². The zero-order valence-electron chi connectivity index (χ0n) is 19.0. The normalized spacial score (nSPS) is 19.9. The summed E-state index contributed by atoms with van der Waals surface area (Å²) in [4.78, 5) is 25.8. The van der Waals surface area contributed by atoms with Gasteiger partial charge < -0.3 is 19.5 Å². The van der Waals surface area contributed by atoms with Crippen LogP contribution in [0.1, 0.15) is 36.3 Å². The Morgan fingerprint density at radius 2 is 1.94 bits per heavy atom. The van der Waals surface area contributed by atoms with Gasteiger partial charge in [0.2, 0.25) is 0 Å². The van der Waals surface area contributed by atoms with Gasteiger partial charge in [-0.25, -0.2) is 0 Å². The van der Waals surface area contributed by atoms with E-state index >= 15 is 0 Å². The Labute approximate surface area is 212 Å². The van der Waals surface area contributed by atoms with E-state index in [-0.39, 0.29) is 12.4 Å². The van der Waals surface area contributed by atoms with Gasteiger partial charge in [-0.05, 0) is 48.7 Å². The highest BCUT2D eigenvalue weighted by atomic mass is 79.9. The summed E-state index contributed by atoms with van der Waals surface area (Å²) >= 11 is 9.69. The molecule has 0 spiro atoms. The van der Waals surface area contributed by atoms with Crippen molar-refractivity contribution in [2.24, 2.45) is 5.92 Å². The molecular formula is C26H25BrClNO5. The number of rotatable bonds is 6. The highest BCUT2D eigenvalue weighted by Gasteiger charge is 2.43. The van der Waals surface area contributed by atoms with Crippen molar-refractivity contribution in [2.75, 3.05) is 14.2 Å². The van der Waals surface area contributed by atoms with Crippen LogP contribution in [0.15, 0.2) is 64.4 Å². The number of hydrogen-bond acceptors (Lipinski definition) is 6. The lowest BCUT2D eigenvalue weighted by Gasteiger charge is -2.38. The molecule has 34 heavy (non-hydrogen) atoms. The Kier molecular flexibility index (Phi) is 7.33. The van der Waals surface area contributed by atoms with E-state index in [1.54, 1.807) is 19.2 Å². The van der Waals surface area contributed by atoms with E-state index in [4.69, 9.17) is 25.8 Å². The summed E-state index contributed by atoms with van der Waals surface area (Å²) in [6.45, 7) is 4.27. The Morgan fingerprint density at radius 1 is 1.18 bits per heavy atom. The maximum absolute atomic E-state index is 13.0. The lowest BCUT2D eigenvalue weighted by Crippen LogP contribution is -2.41. The quantitative estimate of drug-likeness (QED) is 0.470.